The van der Waals surface area contributed by atoms with Gasteiger partial charge in [0.15, 0.2) is 0 Å². The van der Waals surface area contributed by atoms with Gasteiger partial charge in [-0.25, -0.2) is 4.98 Å². The van der Waals surface area contributed by atoms with Gasteiger partial charge in [-0.05, 0) is 80.3 Å². The summed E-state index contributed by atoms with van der Waals surface area (Å²) in [5.41, 5.74) is 4.12. The minimum absolute atomic E-state index is 0.0750. The number of hydrogen-bond acceptors (Lipinski definition) is 3. The zero-order valence-electron chi connectivity index (χ0n) is 20.6. The molecule has 5 nitrogen and oxygen atoms in total. The van der Waals surface area contributed by atoms with Crippen molar-refractivity contribution in [3.8, 4) is 5.69 Å². The Morgan fingerprint density at radius 1 is 1.00 bits per heavy atom. The van der Waals surface area contributed by atoms with Gasteiger partial charge in [0.1, 0.15) is 5.82 Å². The van der Waals surface area contributed by atoms with Crippen molar-refractivity contribution in [3.05, 3.63) is 104 Å². The Morgan fingerprint density at radius 2 is 1.77 bits per heavy atom. The maximum absolute atomic E-state index is 13.8. The molecular weight excluding hydrogens is 502 g/mol. The van der Waals surface area contributed by atoms with Crippen LogP contribution in [0.25, 0.3) is 16.6 Å². The SMILES string of the molecule is CCCN(C(=O)c1cccc(Br)c1)C(CC)c1nc2ccccc2c(=O)n1-c1ccc(C)c(C)c1. The fraction of sp³-hybridized carbons (Fsp3) is 0.276. The quantitative estimate of drug-likeness (QED) is 0.264. The minimum atomic E-state index is -0.375. The molecule has 1 aromatic heterocycles. The van der Waals surface area contributed by atoms with E-state index in [0.717, 1.165) is 27.7 Å². The van der Waals surface area contributed by atoms with Crippen LogP contribution >= 0.6 is 15.9 Å². The van der Waals surface area contributed by atoms with Crippen LogP contribution in [0.4, 0.5) is 0 Å². The van der Waals surface area contributed by atoms with E-state index in [1.165, 1.54) is 0 Å². The molecule has 0 aliphatic carbocycles. The van der Waals surface area contributed by atoms with Crippen molar-refractivity contribution in [3.63, 3.8) is 0 Å². The lowest BCUT2D eigenvalue weighted by molar-refractivity contribution is 0.0659. The molecule has 1 atom stereocenters. The van der Waals surface area contributed by atoms with E-state index in [-0.39, 0.29) is 17.5 Å². The smallest absolute Gasteiger partial charge is 0.266 e. The van der Waals surface area contributed by atoms with E-state index in [2.05, 4.69) is 29.8 Å². The molecule has 0 aliphatic rings. The Bertz CT molecular complexity index is 1440. The molecule has 0 saturated carbocycles. The number of aryl methyl sites for hydroxylation is 2. The number of carbonyl (C=O) groups is 1. The third kappa shape index (κ3) is 4.94. The molecule has 1 heterocycles. The summed E-state index contributed by atoms with van der Waals surface area (Å²) in [7, 11) is 0. The van der Waals surface area contributed by atoms with Crippen LogP contribution in [0.15, 0.2) is 76.0 Å². The van der Waals surface area contributed by atoms with Crippen LogP contribution in [0.2, 0.25) is 0 Å². The number of halogens is 1. The predicted octanol–water partition coefficient (Wildman–Crippen LogP) is 6.77. The van der Waals surface area contributed by atoms with Gasteiger partial charge in [-0.15, -0.1) is 0 Å². The van der Waals surface area contributed by atoms with Gasteiger partial charge in [0.25, 0.3) is 11.5 Å². The molecule has 0 saturated heterocycles. The van der Waals surface area contributed by atoms with Crippen molar-refractivity contribution in [2.45, 2.75) is 46.6 Å². The van der Waals surface area contributed by atoms with E-state index in [1.54, 1.807) is 4.57 Å². The first kappa shape index (κ1) is 24.9. The summed E-state index contributed by atoms with van der Waals surface area (Å²) >= 11 is 3.48. The first-order valence-corrected chi connectivity index (χ1v) is 12.8. The molecule has 1 amide bonds. The van der Waals surface area contributed by atoms with Gasteiger partial charge in [-0.1, -0.05) is 54.0 Å². The Balaban J connectivity index is 1.96. The number of rotatable bonds is 7. The number of hydrogen-bond donors (Lipinski definition) is 0. The molecule has 3 aromatic carbocycles. The largest absolute Gasteiger partial charge is 0.328 e. The number of carbonyl (C=O) groups excluding carboxylic acids is 1. The van der Waals surface area contributed by atoms with Gasteiger partial charge in [0, 0.05) is 16.6 Å². The van der Waals surface area contributed by atoms with E-state index < -0.39 is 0 Å². The van der Waals surface area contributed by atoms with Crippen molar-refractivity contribution in [1.29, 1.82) is 0 Å². The fourth-order valence-corrected chi connectivity index (χ4v) is 4.86. The standard InChI is InChI=1S/C29H30BrN3O2/c1-5-16-32(28(34)21-10-9-11-22(30)18-21)26(6-2)27-31-25-13-8-7-12-24(25)29(35)33(27)23-15-14-19(3)20(4)17-23/h7-15,17-18,26H,5-6,16H2,1-4H3. The summed E-state index contributed by atoms with van der Waals surface area (Å²) in [5, 5.41) is 0.560. The third-order valence-corrected chi connectivity index (χ3v) is 6.90. The lowest BCUT2D eigenvalue weighted by atomic mass is 10.1. The normalized spacial score (nSPS) is 12.0. The van der Waals surface area contributed by atoms with Crippen LogP contribution in [0.1, 0.15) is 60.0 Å². The van der Waals surface area contributed by atoms with Gasteiger partial charge in [-0.3, -0.25) is 14.2 Å². The zero-order chi connectivity index (χ0) is 25.1. The summed E-state index contributed by atoms with van der Waals surface area (Å²) < 4.78 is 2.54. The maximum atomic E-state index is 13.8. The summed E-state index contributed by atoms with van der Waals surface area (Å²) in [6.45, 7) is 8.73. The van der Waals surface area contributed by atoms with Crippen LogP contribution in [-0.2, 0) is 0 Å². The molecule has 0 bridgehead atoms. The molecule has 180 valence electrons. The van der Waals surface area contributed by atoms with Crippen molar-refractivity contribution in [2.24, 2.45) is 0 Å². The van der Waals surface area contributed by atoms with Crippen molar-refractivity contribution < 1.29 is 4.79 Å². The lowest BCUT2D eigenvalue weighted by Crippen LogP contribution is -2.39. The number of fused-ring (bicyclic) bond motifs is 1. The second-order valence-corrected chi connectivity index (χ2v) is 9.74. The molecule has 0 aliphatic heterocycles. The summed E-state index contributed by atoms with van der Waals surface area (Å²) in [5.74, 6) is 0.505. The molecule has 6 heteroatoms. The minimum Gasteiger partial charge on any atom is -0.328 e. The molecular formula is C29H30BrN3O2. The Kier molecular flexibility index (Phi) is 7.51. The number of benzene rings is 3. The summed E-state index contributed by atoms with van der Waals surface area (Å²) in [6.07, 6.45) is 1.41. The van der Waals surface area contributed by atoms with Crippen molar-refractivity contribution in [2.75, 3.05) is 6.54 Å². The number of aromatic nitrogens is 2. The van der Waals surface area contributed by atoms with Crippen molar-refractivity contribution >= 4 is 32.7 Å². The van der Waals surface area contributed by atoms with Gasteiger partial charge >= 0.3 is 0 Å². The molecule has 0 radical (unpaired) electrons. The highest BCUT2D eigenvalue weighted by Crippen LogP contribution is 2.28. The van der Waals surface area contributed by atoms with Crippen LogP contribution < -0.4 is 5.56 Å². The highest BCUT2D eigenvalue weighted by Gasteiger charge is 2.29. The third-order valence-electron chi connectivity index (χ3n) is 6.41. The Morgan fingerprint density at radius 3 is 2.46 bits per heavy atom. The number of amides is 1. The van der Waals surface area contributed by atoms with Crippen LogP contribution in [0.3, 0.4) is 0 Å². The monoisotopic (exact) mass is 531 g/mol. The zero-order valence-corrected chi connectivity index (χ0v) is 22.2. The lowest BCUT2D eigenvalue weighted by Gasteiger charge is -2.32. The van der Waals surface area contributed by atoms with E-state index in [0.29, 0.717) is 35.3 Å². The summed E-state index contributed by atoms with van der Waals surface area (Å²) in [6, 6.07) is 20.5. The van der Waals surface area contributed by atoms with E-state index in [9.17, 15) is 9.59 Å². The first-order chi connectivity index (χ1) is 16.8. The molecule has 1 unspecified atom stereocenters. The van der Waals surface area contributed by atoms with Crippen molar-refractivity contribution in [1.82, 2.24) is 14.5 Å². The van der Waals surface area contributed by atoms with Crippen LogP contribution in [0, 0.1) is 13.8 Å². The molecule has 35 heavy (non-hydrogen) atoms. The van der Waals surface area contributed by atoms with Gasteiger partial charge < -0.3 is 4.90 Å². The highest BCUT2D eigenvalue weighted by atomic mass is 79.9. The second-order valence-electron chi connectivity index (χ2n) is 8.83. The predicted molar refractivity (Wildman–Crippen MR) is 145 cm³/mol. The van der Waals surface area contributed by atoms with Gasteiger partial charge in [0.2, 0.25) is 0 Å². The van der Waals surface area contributed by atoms with E-state index in [1.807, 2.05) is 85.5 Å². The van der Waals surface area contributed by atoms with Crippen LogP contribution in [0.5, 0.6) is 0 Å². The number of para-hydroxylation sites is 1. The molecule has 4 aromatic rings. The maximum Gasteiger partial charge on any atom is 0.266 e. The topological polar surface area (TPSA) is 55.2 Å². The van der Waals surface area contributed by atoms with Gasteiger partial charge in [-0.2, -0.15) is 0 Å². The van der Waals surface area contributed by atoms with Gasteiger partial charge in [0.05, 0.1) is 22.6 Å². The number of nitrogens with zero attached hydrogens (tertiary/aromatic N) is 3. The molecule has 4 rings (SSSR count). The Labute approximate surface area is 214 Å². The molecule has 0 N–H and O–H groups in total. The van der Waals surface area contributed by atoms with E-state index in [4.69, 9.17) is 4.98 Å². The van der Waals surface area contributed by atoms with Crippen LogP contribution in [-0.4, -0.2) is 26.9 Å². The fourth-order valence-electron chi connectivity index (χ4n) is 4.46. The summed E-state index contributed by atoms with van der Waals surface area (Å²) in [4.78, 5) is 34.4. The second kappa shape index (κ2) is 10.6. The first-order valence-electron chi connectivity index (χ1n) is 12.0. The highest BCUT2D eigenvalue weighted by molar-refractivity contribution is 9.10. The Hall–Kier alpha value is -3.25. The molecule has 0 fully saturated rings. The molecule has 0 spiro atoms. The average molecular weight is 532 g/mol. The average Bonchev–Trinajstić information content (AvgIpc) is 2.85. The van der Waals surface area contributed by atoms with E-state index >= 15 is 0 Å².